The molecule has 0 saturated carbocycles. The van der Waals surface area contributed by atoms with E-state index in [9.17, 15) is 8.42 Å². The number of nitrogens with zero attached hydrogens (tertiary/aromatic N) is 1. The van der Waals surface area contributed by atoms with E-state index in [4.69, 9.17) is 5.26 Å². The molecule has 0 aliphatic heterocycles. The summed E-state index contributed by atoms with van der Waals surface area (Å²) < 4.78 is 26.7. The number of sulfonamides is 1. The lowest BCUT2D eigenvalue weighted by molar-refractivity contribution is 0.562. The van der Waals surface area contributed by atoms with Crippen molar-refractivity contribution in [3.63, 3.8) is 0 Å². The van der Waals surface area contributed by atoms with Crippen LogP contribution in [0.15, 0.2) is 28.7 Å². The van der Waals surface area contributed by atoms with Crippen molar-refractivity contribution in [2.24, 2.45) is 0 Å². The Labute approximate surface area is 110 Å². The Morgan fingerprint density at radius 2 is 1.82 bits per heavy atom. The standard InChI is InChI=1S/C11H13BrN2O2S/c1-8(7-13)17(15,16)14-9(2)10-3-5-11(12)6-4-10/h3-6,8-9,14H,1-2H3. The van der Waals surface area contributed by atoms with Gasteiger partial charge in [0.1, 0.15) is 0 Å². The molecule has 0 aromatic heterocycles. The van der Waals surface area contributed by atoms with Gasteiger partial charge in [-0.2, -0.15) is 5.26 Å². The first kappa shape index (κ1) is 14.2. The Balaban J connectivity index is 2.84. The smallest absolute Gasteiger partial charge is 0.211 e. The minimum absolute atomic E-state index is 0.358. The third-order valence-electron chi connectivity index (χ3n) is 2.36. The first-order valence-electron chi connectivity index (χ1n) is 5.03. The van der Waals surface area contributed by atoms with E-state index >= 15 is 0 Å². The lowest BCUT2D eigenvalue weighted by Crippen LogP contribution is -2.33. The van der Waals surface area contributed by atoms with Gasteiger partial charge in [0.2, 0.25) is 10.0 Å². The largest absolute Gasteiger partial charge is 0.228 e. The van der Waals surface area contributed by atoms with Crippen molar-refractivity contribution in [1.82, 2.24) is 4.72 Å². The highest BCUT2D eigenvalue weighted by atomic mass is 79.9. The third kappa shape index (κ3) is 3.80. The van der Waals surface area contributed by atoms with Crippen LogP contribution < -0.4 is 4.72 Å². The topological polar surface area (TPSA) is 70.0 Å². The molecule has 0 fully saturated rings. The van der Waals surface area contributed by atoms with Crippen LogP contribution in [0.1, 0.15) is 25.5 Å². The zero-order valence-electron chi connectivity index (χ0n) is 9.51. The average molecular weight is 317 g/mol. The predicted molar refractivity (Wildman–Crippen MR) is 69.7 cm³/mol. The summed E-state index contributed by atoms with van der Waals surface area (Å²) in [5, 5.41) is 7.56. The summed E-state index contributed by atoms with van der Waals surface area (Å²) >= 11 is 3.31. The molecule has 4 nitrogen and oxygen atoms in total. The Bertz CT molecular complexity index is 519. The van der Waals surface area contributed by atoms with Gasteiger partial charge in [-0.3, -0.25) is 0 Å². The van der Waals surface area contributed by atoms with E-state index in [0.29, 0.717) is 0 Å². The van der Waals surface area contributed by atoms with Gasteiger partial charge in [-0.15, -0.1) is 0 Å². The molecule has 0 heterocycles. The van der Waals surface area contributed by atoms with Gasteiger partial charge in [-0.1, -0.05) is 28.1 Å². The molecule has 0 aliphatic carbocycles. The number of hydrogen-bond acceptors (Lipinski definition) is 3. The van der Waals surface area contributed by atoms with Crippen molar-refractivity contribution in [2.75, 3.05) is 0 Å². The zero-order valence-corrected chi connectivity index (χ0v) is 11.9. The summed E-state index contributed by atoms with van der Waals surface area (Å²) in [5.41, 5.74) is 0.849. The fourth-order valence-electron chi connectivity index (χ4n) is 1.24. The molecule has 0 saturated heterocycles. The van der Waals surface area contributed by atoms with E-state index < -0.39 is 15.3 Å². The van der Waals surface area contributed by atoms with Crippen molar-refractivity contribution in [3.8, 4) is 6.07 Å². The summed E-state index contributed by atoms with van der Waals surface area (Å²) in [6.07, 6.45) is 0. The zero-order chi connectivity index (χ0) is 13.1. The first-order valence-corrected chi connectivity index (χ1v) is 7.37. The SMILES string of the molecule is CC(NS(=O)(=O)C(C)C#N)c1ccc(Br)cc1. The van der Waals surface area contributed by atoms with E-state index in [-0.39, 0.29) is 6.04 Å². The van der Waals surface area contributed by atoms with Gasteiger partial charge < -0.3 is 0 Å². The second-order valence-corrected chi connectivity index (χ2v) is 6.66. The van der Waals surface area contributed by atoms with Gasteiger partial charge in [0, 0.05) is 10.5 Å². The van der Waals surface area contributed by atoms with Crippen LogP contribution in [-0.2, 0) is 10.0 Å². The highest BCUT2D eigenvalue weighted by Crippen LogP contribution is 2.17. The highest BCUT2D eigenvalue weighted by Gasteiger charge is 2.22. The molecule has 2 atom stereocenters. The molecule has 2 unspecified atom stereocenters. The Morgan fingerprint density at radius 1 is 1.29 bits per heavy atom. The van der Waals surface area contributed by atoms with E-state index in [1.165, 1.54) is 6.92 Å². The van der Waals surface area contributed by atoms with Crippen LogP contribution in [0.5, 0.6) is 0 Å². The molecule has 0 radical (unpaired) electrons. The summed E-state index contributed by atoms with van der Waals surface area (Å²) in [4.78, 5) is 0. The van der Waals surface area contributed by atoms with Gasteiger partial charge in [0.15, 0.2) is 5.25 Å². The molecule has 6 heteroatoms. The molecule has 92 valence electrons. The van der Waals surface area contributed by atoms with E-state index in [1.807, 2.05) is 24.3 Å². The summed E-state index contributed by atoms with van der Waals surface area (Å²) in [6, 6.07) is 8.69. The number of nitriles is 1. The minimum Gasteiger partial charge on any atom is -0.211 e. The minimum atomic E-state index is -3.59. The summed E-state index contributed by atoms with van der Waals surface area (Å²) in [5.74, 6) is 0. The summed E-state index contributed by atoms with van der Waals surface area (Å²) in [6.45, 7) is 3.10. The Kier molecular flexibility index (Phi) is 4.69. The monoisotopic (exact) mass is 316 g/mol. The van der Waals surface area contributed by atoms with E-state index in [2.05, 4.69) is 20.7 Å². The fraction of sp³-hybridized carbons (Fsp3) is 0.364. The molecular formula is C11H13BrN2O2S. The Hall–Kier alpha value is -0.900. The van der Waals surface area contributed by atoms with Crippen LogP contribution in [0.25, 0.3) is 0 Å². The van der Waals surface area contributed by atoms with Gasteiger partial charge in [0.05, 0.1) is 6.07 Å². The number of hydrogen-bond donors (Lipinski definition) is 1. The lowest BCUT2D eigenvalue weighted by Gasteiger charge is -2.15. The fourth-order valence-corrected chi connectivity index (χ4v) is 2.47. The van der Waals surface area contributed by atoms with E-state index in [1.54, 1.807) is 13.0 Å². The maximum absolute atomic E-state index is 11.7. The van der Waals surface area contributed by atoms with Gasteiger partial charge >= 0.3 is 0 Å². The van der Waals surface area contributed by atoms with Gasteiger partial charge in [-0.25, -0.2) is 13.1 Å². The second kappa shape index (κ2) is 5.63. The molecule has 0 aliphatic rings. The molecule has 1 rings (SSSR count). The third-order valence-corrected chi connectivity index (χ3v) is 4.61. The average Bonchev–Trinajstić information content (AvgIpc) is 2.28. The molecule has 0 spiro atoms. The van der Waals surface area contributed by atoms with Crippen LogP contribution in [-0.4, -0.2) is 13.7 Å². The van der Waals surface area contributed by atoms with Crippen molar-refractivity contribution in [1.29, 1.82) is 5.26 Å². The van der Waals surface area contributed by atoms with Crippen molar-refractivity contribution >= 4 is 26.0 Å². The maximum atomic E-state index is 11.7. The van der Waals surface area contributed by atoms with Crippen molar-refractivity contribution < 1.29 is 8.42 Å². The van der Waals surface area contributed by atoms with Gasteiger partial charge in [-0.05, 0) is 31.5 Å². The number of benzene rings is 1. The van der Waals surface area contributed by atoms with Crippen LogP contribution in [0, 0.1) is 11.3 Å². The Morgan fingerprint density at radius 3 is 2.29 bits per heavy atom. The molecular weight excluding hydrogens is 304 g/mol. The first-order chi connectivity index (χ1) is 7.86. The molecule has 1 aromatic carbocycles. The number of rotatable bonds is 4. The molecule has 0 bridgehead atoms. The molecule has 1 aromatic rings. The van der Waals surface area contributed by atoms with E-state index in [0.717, 1.165) is 10.0 Å². The molecule has 1 N–H and O–H groups in total. The maximum Gasteiger partial charge on any atom is 0.228 e. The van der Waals surface area contributed by atoms with Gasteiger partial charge in [0.25, 0.3) is 0 Å². The lowest BCUT2D eigenvalue weighted by atomic mass is 10.1. The second-order valence-electron chi connectivity index (χ2n) is 3.71. The highest BCUT2D eigenvalue weighted by molar-refractivity contribution is 9.10. The number of nitrogens with one attached hydrogen (secondary N) is 1. The van der Waals surface area contributed by atoms with Crippen molar-refractivity contribution in [3.05, 3.63) is 34.3 Å². The quantitative estimate of drug-likeness (QED) is 0.926. The van der Waals surface area contributed by atoms with Crippen LogP contribution in [0.3, 0.4) is 0 Å². The predicted octanol–water partition coefficient (Wildman–Crippen LogP) is 2.34. The van der Waals surface area contributed by atoms with Crippen LogP contribution in [0.4, 0.5) is 0 Å². The van der Waals surface area contributed by atoms with Crippen molar-refractivity contribution in [2.45, 2.75) is 25.1 Å². The molecule has 0 amide bonds. The number of halogens is 1. The van der Waals surface area contributed by atoms with Crippen LogP contribution >= 0.6 is 15.9 Å². The molecule has 17 heavy (non-hydrogen) atoms. The summed E-state index contributed by atoms with van der Waals surface area (Å²) in [7, 11) is -3.59. The van der Waals surface area contributed by atoms with Crippen LogP contribution in [0.2, 0.25) is 0 Å². The normalized spacial score (nSPS) is 14.9.